The third-order valence-electron chi connectivity index (χ3n) is 2.44. The molecule has 18 heavy (non-hydrogen) atoms. The van der Waals surface area contributed by atoms with Crippen LogP contribution in [0.4, 0.5) is 13.2 Å². The summed E-state index contributed by atoms with van der Waals surface area (Å²) in [5, 5.41) is 3.46. The van der Waals surface area contributed by atoms with Crippen molar-refractivity contribution >= 4 is 0 Å². The molecule has 2 aromatic rings. The number of nitrogens with two attached hydrogens (primary N) is 1. The monoisotopic (exact) mass is 256 g/mol. The Bertz CT molecular complexity index is 542. The van der Waals surface area contributed by atoms with Crippen molar-refractivity contribution in [3.8, 4) is 5.69 Å². The predicted molar refractivity (Wildman–Crippen MR) is 59.0 cm³/mol. The number of aromatic nitrogens is 3. The molecule has 0 aliphatic rings. The third-order valence-corrected chi connectivity index (χ3v) is 2.44. The van der Waals surface area contributed by atoms with Gasteiger partial charge in [-0.3, -0.25) is 0 Å². The van der Waals surface area contributed by atoms with Gasteiger partial charge in [-0.1, -0.05) is 12.1 Å². The first kappa shape index (κ1) is 12.6. The van der Waals surface area contributed by atoms with Gasteiger partial charge in [0.05, 0.1) is 5.69 Å². The van der Waals surface area contributed by atoms with Gasteiger partial charge in [0, 0.05) is 6.54 Å². The number of alkyl halides is 3. The molecule has 0 unspecified atom stereocenters. The minimum atomic E-state index is -4.53. The Morgan fingerprint density at radius 1 is 1.22 bits per heavy atom. The molecule has 1 aromatic carbocycles. The van der Waals surface area contributed by atoms with Crippen molar-refractivity contribution in [2.24, 2.45) is 5.73 Å². The quantitative estimate of drug-likeness (QED) is 0.894. The number of rotatable bonds is 2. The lowest BCUT2D eigenvalue weighted by molar-refractivity contribution is -0.144. The van der Waals surface area contributed by atoms with E-state index in [0.717, 1.165) is 10.2 Å². The van der Waals surface area contributed by atoms with Gasteiger partial charge < -0.3 is 5.73 Å². The second kappa shape index (κ2) is 4.41. The fourth-order valence-corrected chi connectivity index (χ4v) is 1.53. The molecule has 0 saturated heterocycles. The van der Waals surface area contributed by atoms with Gasteiger partial charge in [0.2, 0.25) is 0 Å². The molecule has 0 fully saturated rings. The first-order valence-corrected chi connectivity index (χ1v) is 5.22. The lowest BCUT2D eigenvalue weighted by atomic mass is 10.2. The molecule has 96 valence electrons. The van der Waals surface area contributed by atoms with Crippen LogP contribution in [0.2, 0.25) is 0 Å². The Balaban J connectivity index is 2.41. The molecule has 7 heteroatoms. The summed E-state index contributed by atoms with van der Waals surface area (Å²) in [5.74, 6) is -0.953. The van der Waals surface area contributed by atoms with Gasteiger partial charge in [-0.2, -0.15) is 13.2 Å². The number of halogens is 3. The van der Waals surface area contributed by atoms with Crippen LogP contribution in [0.5, 0.6) is 0 Å². The molecule has 0 aliphatic carbocycles. The van der Waals surface area contributed by atoms with Crippen LogP contribution in [-0.4, -0.2) is 14.8 Å². The zero-order valence-corrected chi connectivity index (χ0v) is 9.57. The molecule has 1 aromatic heterocycles. The number of aryl methyl sites for hydroxylation is 1. The SMILES string of the molecule is Cc1nc(C(F)(F)F)nn1-c1ccc(CN)cc1. The van der Waals surface area contributed by atoms with Gasteiger partial charge in [0.25, 0.3) is 5.82 Å². The van der Waals surface area contributed by atoms with Gasteiger partial charge in [-0.05, 0) is 24.6 Å². The Morgan fingerprint density at radius 2 is 1.83 bits per heavy atom. The summed E-state index contributed by atoms with van der Waals surface area (Å²) in [7, 11) is 0. The molecule has 0 bridgehead atoms. The van der Waals surface area contributed by atoms with Gasteiger partial charge in [-0.15, -0.1) is 5.10 Å². The molecular formula is C11H11F3N4. The lowest BCUT2D eigenvalue weighted by Gasteiger charge is -2.04. The number of hydrogen-bond donors (Lipinski definition) is 1. The highest BCUT2D eigenvalue weighted by Gasteiger charge is 2.36. The third kappa shape index (κ3) is 2.35. The van der Waals surface area contributed by atoms with E-state index in [1.807, 2.05) is 0 Å². The highest BCUT2D eigenvalue weighted by molar-refractivity contribution is 5.34. The van der Waals surface area contributed by atoms with Crippen LogP contribution in [0.1, 0.15) is 17.2 Å². The molecule has 0 radical (unpaired) electrons. The fourth-order valence-electron chi connectivity index (χ4n) is 1.53. The normalized spacial score (nSPS) is 11.8. The standard InChI is InChI=1S/C11H11F3N4/c1-7-16-10(11(12,13)14)17-18(7)9-4-2-8(6-15)3-5-9/h2-5H,6,15H2,1H3. The maximum absolute atomic E-state index is 12.5. The van der Waals surface area contributed by atoms with Crippen LogP contribution in [0.15, 0.2) is 24.3 Å². The summed E-state index contributed by atoms with van der Waals surface area (Å²) in [5.41, 5.74) is 6.86. The van der Waals surface area contributed by atoms with Crippen molar-refractivity contribution < 1.29 is 13.2 Å². The van der Waals surface area contributed by atoms with Crippen LogP contribution < -0.4 is 5.73 Å². The molecule has 0 atom stereocenters. The summed E-state index contributed by atoms with van der Waals surface area (Å²) >= 11 is 0. The minimum Gasteiger partial charge on any atom is -0.326 e. The summed E-state index contributed by atoms with van der Waals surface area (Å²) in [6.07, 6.45) is -4.53. The van der Waals surface area contributed by atoms with Crippen molar-refractivity contribution in [2.75, 3.05) is 0 Å². The summed E-state index contributed by atoms with van der Waals surface area (Å²) < 4.78 is 38.5. The Hall–Kier alpha value is -1.89. The summed E-state index contributed by atoms with van der Waals surface area (Å²) in [6.45, 7) is 1.85. The predicted octanol–water partition coefficient (Wildman–Crippen LogP) is 2.05. The Kier molecular flexibility index (Phi) is 3.08. The van der Waals surface area contributed by atoms with Crippen LogP contribution >= 0.6 is 0 Å². The molecule has 0 spiro atoms. The molecule has 0 aliphatic heterocycles. The Labute approximate surface area is 101 Å². The van der Waals surface area contributed by atoms with Crippen molar-refractivity contribution in [1.29, 1.82) is 0 Å². The van der Waals surface area contributed by atoms with Crippen LogP contribution in [0.3, 0.4) is 0 Å². The average Bonchev–Trinajstić information content (AvgIpc) is 2.71. The van der Waals surface area contributed by atoms with Crippen molar-refractivity contribution in [3.63, 3.8) is 0 Å². The highest BCUT2D eigenvalue weighted by atomic mass is 19.4. The van der Waals surface area contributed by atoms with E-state index in [0.29, 0.717) is 12.2 Å². The first-order valence-electron chi connectivity index (χ1n) is 5.22. The lowest BCUT2D eigenvalue weighted by Crippen LogP contribution is -2.08. The van der Waals surface area contributed by atoms with Crippen LogP contribution in [-0.2, 0) is 12.7 Å². The van der Waals surface area contributed by atoms with Crippen molar-refractivity contribution in [3.05, 3.63) is 41.5 Å². The van der Waals surface area contributed by atoms with Crippen molar-refractivity contribution in [1.82, 2.24) is 14.8 Å². The van der Waals surface area contributed by atoms with Crippen molar-refractivity contribution in [2.45, 2.75) is 19.6 Å². The van der Waals surface area contributed by atoms with Crippen LogP contribution in [0, 0.1) is 6.92 Å². The van der Waals surface area contributed by atoms with Gasteiger partial charge in [0.1, 0.15) is 5.82 Å². The van der Waals surface area contributed by atoms with E-state index in [1.54, 1.807) is 24.3 Å². The van der Waals surface area contributed by atoms with Gasteiger partial charge in [0.15, 0.2) is 0 Å². The molecule has 4 nitrogen and oxygen atoms in total. The molecule has 2 rings (SSSR count). The topological polar surface area (TPSA) is 56.7 Å². The van der Waals surface area contributed by atoms with E-state index in [9.17, 15) is 13.2 Å². The number of nitrogens with zero attached hydrogens (tertiary/aromatic N) is 3. The first-order chi connectivity index (χ1) is 8.41. The average molecular weight is 256 g/mol. The minimum absolute atomic E-state index is 0.183. The maximum atomic E-state index is 12.5. The molecule has 1 heterocycles. The van der Waals surface area contributed by atoms with E-state index in [2.05, 4.69) is 10.1 Å². The number of hydrogen-bond acceptors (Lipinski definition) is 3. The Morgan fingerprint density at radius 3 is 2.28 bits per heavy atom. The molecular weight excluding hydrogens is 245 g/mol. The smallest absolute Gasteiger partial charge is 0.326 e. The van der Waals surface area contributed by atoms with E-state index in [1.165, 1.54) is 6.92 Å². The van der Waals surface area contributed by atoms with Gasteiger partial charge in [-0.25, -0.2) is 9.67 Å². The molecule has 0 saturated carbocycles. The zero-order chi connectivity index (χ0) is 13.3. The zero-order valence-electron chi connectivity index (χ0n) is 9.57. The highest BCUT2D eigenvalue weighted by Crippen LogP contribution is 2.27. The van der Waals surface area contributed by atoms with E-state index in [-0.39, 0.29) is 5.82 Å². The second-order valence-corrected chi connectivity index (χ2v) is 3.76. The van der Waals surface area contributed by atoms with E-state index < -0.39 is 12.0 Å². The van der Waals surface area contributed by atoms with Gasteiger partial charge >= 0.3 is 6.18 Å². The summed E-state index contributed by atoms with van der Waals surface area (Å²) in [4.78, 5) is 3.40. The number of benzene rings is 1. The van der Waals surface area contributed by atoms with E-state index in [4.69, 9.17) is 5.73 Å². The van der Waals surface area contributed by atoms with E-state index >= 15 is 0 Å². The summed E-state index contributed by atoms with van der Waals surface area (Å²) in [6, 6.07) is 6.79. The maximum Gasteiger partial charge on any atom is 0.453 e. The largest absolute Gasteiger partial charge is 0.453 e. The second-order valence-electron chi connectivity index (χ2n) is 3.76. The van der Waals surface area contributed by atoms with Crippen LogP contribution in [0.25, 0.3) is 5.69 Å². The molecule has 2 N–H and O–H groups in total. The molecule has 0 amide bonds. The fraction of sp³-hybridized carbons (Fsp3) is 0.273.